The highest BCUT2D eigenvalue weighted by Crippen LogP contribution is 2.28. The van der Waals surface area contributed by atoms with Crippen LogP contribution in [0.5, 0.6) is 5.75 Å². The molecule has 0 atom stereocenters. The van der Waals surface area contributed by atoms with Crippen LogP contribution < -0.4 is 4.74 Å². The van der Waals surface area contributed by atoms with Crippen molar-refractivity contribution in [2.45, 2.75) is 20.0 Å². The van der Waals surface area contributed by atoms with E-state index in [1.165, 1.54) is 10.9 Å². The molecule has 0 saturated heterocycles. The number of rotatable bonds is 6. The van der Waals surface area contributed by atoms with Crippen molar-refractivity contribution in [1.29, 1.82) is 0 Å². The Morgan fingerprint density at radius 2 is 1.50 bits per heavy atom. The van der Waals surface area contributed by atoms with E-state index in [4.69, 9.17) is 9.73 Å². The molecule has 0 heterocycles. The highest BCUT2D eigenvalue weighted by Gasteiger charge is 2.07. The van der Waals surface area contributed by atoms with Gasteiger partial charge >= 0.3 is 0 Å². The number of aliphatic imine (C=N–C) groups is 1. The highest BCUT2D eigenvalue weighted by atomic mass is 16.5. The third kappa shape index (κ3) is 4.12. The summed E-state index contributed by atoms with van der Waals surface area (Å²) in [6.45, 7) is 2.69. The van der Waals surface area contributed by atoms with Gasteiger partial charge in [-0.05, 0) is 46.5 Å². The van der Waals surface area contributed by atoms with Crippen LogP contribution in [0.25, 0.3) is 10.8 Å². The summed E-state index contributed by atoms with van der Waals surface area (Å²) in [4.78, 5) is 4.71. The third-order valence-corrected chi connectivity index (χ3v) is 4.86. The minimum atomic E-state index is 0.533. The summed E-state index contributed by atoms with van der Waals surface area (Å²) in [5.74, 6) is 0.844. The van der Waals surface area contributed by atoms with E-state index in [-0.39, 0.29) is 0 Å². The Kier molecular flexibility index (Phi) is 5.48. The summed E-state index contributed by atoms with van der Waals surface area (Å²) in [6, 6.07) is 31.1. The summed E-state index contributed by atoms with van der Waals surface area (Å²) >= 11 is 0. The van der Waals surface area contributed by atoms with Gasteiger partial charge in [0.1, 0.15) is 12.4 Å². The number of aryl methyl sites for hydroxylation is 1. The quantitative estimate of drug-likeness (QED) is 0.347. The topological polar surface area (TPSA) is 21.6 Å². The molecule has 0 N–H and O–H groups in total. The molecule has 4 aromatic rings. The first-order chi connectivity index (χ1) is 13.8. The van der Waals surface area contributed by atoms with Crippen LogP contribution in [-0.4, -0.2) is 6.21 Å². The van der Waals surface area contributed by atoms with Crippen LogP contribution in [0.1, 0.15) is 23.6 Å². The Hall–Kier alpha value is -3.39. The lowest BCUT2D eigenvalue weighted by Gasteiger charge is -2.12. The summed E-state index contributed by atoms with van der Waals surface area (Å²) in [5, 5.41) is 2.32. The number of ether oxygens (including phenoxy) is 1. The fourth-order valence-corrected chi connectivity index (χ4v) is 3.23. The van der Waals surface area contributed by atoms with Crippen molar-refractivity contribution < 1.29 is 4.74 Å². The monoisotopic (exact) mass is 365 g/mol. The second-order valence-electron chi connectivity index (χ2n) is 6.75. The fraction of sp³-hybridized carbons (Fsp3) is 0.115. The van der Waals surface area contributed by atoms with Crippen molar-refractivity contribution in [3.8, 4) is 5.75 Å². The highest BCUT2D eigenvalue weighted by molar-refractivity contribution is 6.03. The van der Waals surface area contributed by atoms with Crippen LogP contribution in [-0.2, 0) is 13.0 Å². The molecule has 4 aromatic carbocycles. The van der Waals surface area contributed by atoms with E-state index in [9.17, 15) is 0 Å². The van der Waals surface area contributed by atoms with Crippen LogP contribution >= 0.6 is 0 Å². The average Bonchev–Trinajstić information content (AvgIpc) is 2.77. The van der Waals surface area contributed by atoms with Gasteiger partial charge in [0.2, 0.25) is 0 Å². The van der Waals surface area contributed by atoms with E-state index in [2.05, 4.69) is 73.7 Å². The molecule has 2 heteroatoms. The molecule has 0 fully saturated rings. The number of benzene rings is 4. The van der Waals surface area contributed by atoms with E-state index in [1.807, 2.05) is 30.5 Å². The summed E-state index contributed by atoms with van der Waals surface area (Å²) < 4.78 is 6.16. The molecule has 0 bridgehead atoms. The summed E-state index contributed by atoms with van der Waals surface area (Å²) in [5.41, 5.74) is 4.41. The molecule has 2 nitrogen and oxygen atoms in total. The van der Waals surface area contributed by atoms with Crippen LogP contribution in [0, 0.1) is 0 Å². The van der Waals surface area contributed by atoms with Crippen molar-refractivity contribution >= 4 is 22.7 Å². The van der Waals surface area contributed by atoms with E-state index in [1.54, 1.807) is 0 Å². The zero-order valence-electron chi connectivity index (χ0n) is 16.0. The van der Waals surface area contributed by atoms with Gasteiger partial charge in [-0.2, -0.15) is 0 Å². The Morgan fingerprint density at radius 3 is 2.29 bits per heavy atom. The number of fused-ring (bicyclic) bond motifs is 1. The van der Waals surface area contributed by atoms with Gasteiger partial charge in [-0.15, -0.1) is 0 Å². The lowest BCUT2D eigenvalue weighted by atomic mass is 10.0. The number of hydrogen-bond donors (Lipinski definition) is 0. The van der Waals surface area contributed by atoms with Gasteiger partial charge in [0.05, 0.1) is 5.69 Å². The third-order valence-electron chi connectivity index (χ3n) is 4.86. The molecular weight excluding hydrogens is 342 g/mol. The SMILES string of the molecule is CCc1ccc(N=Cc2c(OCc3ccccc3)ccc3ccccc23)cc1. The maximum Gasteiger partial charge on any atom is 0.129 e. The lowest BCUT2D eigenvalue weighted by Crippen LogP contribution is -1.99. The molecule has 0 saturated carbocycles. The molecule has 0 spiro atoms. The van der Waals surface area contributed by atoms with Gasteiger partial charge in [-0.1, -0.05) is 79.7 Å². The molecule has 0 amide bonds. The first-order valence-electron chi connectivity index (χ1n) is 9.65. The Bertz CT molecular complexity index is 1080. The maximum absolute atomic E-state index is 6.16. The minimum absolute atomic E-state index is 0.533. The van der Waals surface area contributed by atoms with Gasteiger partial charge in [0, 0.05) is 11.8 Å². The largest absolute Gasteiger partial charge is 0.488 e. The zero-order chi connectivity index (χ0) is 19.2. The first-order valence-corrected chi connectivity index (χ1v) is 9.65. The second kappa shape index (κ2) is 8.53. The van der Waals surface area contributed by atoms with Gasteiger partial charge in [-0.25, -0.2) is 0 Å². The van der Waals surface area contributed by atoms with Crippen molar-refractivity contribution in [3.05, 3.63) is 108 Å². The summed E-state index contributed by atoms with van der Waals surface area (Å²) in [7, 11) is 0. The van der Waals surface area contributed by atoms with Crippen LogP contribution in [0.2, 0.25) is 0 Å². The molecule has 28 heavy (non-hydrogen) atoms. The normalized spacial score (nSPS) is 11.2. The predicted octanol–water partition coefficient (Wildman–Crippen LogP) is 6.73. The first kappa shape index (κ1) is 18.0. The van der Waals surface area contributed by atoms with Crippen LogP contribution in [0.4, 0.5) is 5.69 Å². The molecule has 0 aliphatic carbocycles. The minimum Gasteiger partial charge on any atom is -0.488 e. The van der Waals surface area contributed by atoms with E-state index in [0.29, 0.717) is 6.61 Å². The Balaban J connectivity index is 1.67. The lowest BCUT2D eigenvalue weighted by molar-refractivity contribution is 0.306. The molecule has 4 rings (SSSR count). The van der Waals surface area contributed by atoms with Crippen molar-refractivity contribution in [1.82, 2.24) is 0 Å². The van der Waals surface area contributed by atoms with Crippen molar-refractivity contribution in [2.24, 2.45) is 4.99 Å². The van der Waals surface area contributed by atoms with Crippen LogP contribution in [0.3, 0.4) is 0 Å². The molecule has 0 aliphatic heterocycles. The van der Waals surface area contributed by atoms with Crippen LogP contribution in [0.15, 0.2) is 96.0 Å². The summed E-state index contributed by atoms with van der Waals surface area (Å²) in [6.07, 6.45) is 2.95. The van der Waals surface area contributed by atoms with Crippen molar-refractivity contribution in [3.63, 3.8) is 0 Å². The van der Waals surface area contributed by atoms with Gasteiger partial charge < -0.3 is 4.74 Å². The van der Waals surface area contributed by atoms with E-state index < -0.39 is 0 Å². The molecule has 0 aromatic heterocycles. The van der Waals surface area contributed by atoms with Gasteiger partial charge in [-0.3, -0.25) is 4.99 Å². The van der Waals surface area contributed by atoms with Gasteiger partial charge in [0.25, 0.3) is 0 Å². The van der Waals surface area contributed by atoms with E-state index in [0.717, 1.165) is 34.4 Å². The fourth-order valence-electron chi connectivity index (χ4n) is 3.23. The van der Waals surface area contributed by atoms with E-state index >= 15 is 0 Å². The number of nitrogens with zero attached hydrogens (tertiary/aromatic N) is 1. The maximum atomic E-state index is 6.16. The number of hydrogen-bond acceptors (Lipinski definition) is 2. The molecule has 138 valence electrons. The molecule has 0 radical (unpaired) electrons. The smallest absolute Gasteiger partial charge is 0.129 e. The Labute approximate surface area is 166 Å². The Morgan fingerprint density at radius 1 is 0.750 bits per heavy atom. The van der Waals surface area contributed by atoms with Crippen molar-refractivity contribution in [2.75, 3.05) is 0 Å². The molecular formula is C26H23NO. The molecule has 0 unspecified atom stereocenters. The zero-order valence-corrected chi connectivity index (χ0v) is 16.0. The average molecular weight is 365 g/mol. The second-order valence-corrected chi connectivity index (χ2v) is 6.75. The molecule has 0 aliphatic rings. The van der Waals surface area contributed by atoms with Gasteiger partial charge in [0.15, 0.2) is 0 Å². The predicted molar refractivity (Wildman–Crippen MR) is 118 cm³/mol. The standard InChI is InChI=1S/C26H23NO/c1-2-20-12-15-23(16-13-20)27-18-25-24-11-7-6-10-22(24)14-17-26(25)28-19-21-8-4-3-5-9-21/h3-18H,2,19H2,1H3.